The molecule has 0 saturated heterocycles. The smallest absolute Gasteiger partial charge is 0.223 e. The van der Waals surface area contributed by atoms with E-state index in [1.54, 1.807) is 6.07 Å². The fourth-order valence-corrected chi connectivity index (χ4v) is 1.26. The molecule has 0 unspecified atom stereocenters. The number of para-hydroxylation sites is 1. The third kappa shape index (κ3) is 4.82. The second kappa shape index (κ2) is 6.58. The summed E-state index contributed by atoms with van der Waals surface area (Å²) in [7, 11) is 0. The van der Waals surface area contributed by atoms with Crippen molar-refractivity contribution < 1.29 is 9.13 Å². The fourth-order valence-electron chi connectivity index (χ4n) is 1.26. The first kappa shape index (κ1) is 14.7. The molecule has 0 radical (unpaired) electrons. The molecule has 0 aliphatic heterocycles. The van der Waals surface area contributed by atoms with Gasteiger partial charge < -0.3 is 21.9 Å². The zero-order chi connectivity index (χ0) is 14.4. The van der Waals surface area contributed by atoms with Crippen molar-refractivity contribution in [3.8, 4) is 5.75 Å². The van der Waals surface area contributed by atoms with Crippen LogP contribution in [0.5, 0.6) is 5.75 Å². The molecule has 1 aromatic rings. The molecule has 1 rings (SSSR count). The number of hydrogen-bond donors (Lipinski definition) is 3. The van der Waals surface area contributed by atoms with Gasteiger partial charge in [-0.2, -0.15) is 4.99 Å². The number of nitrogens with zero attached hydrogens (tertiary/aromatic N) is 2. The van der Waals surface area contributed by atoms with Crippen LogP contribution in [0.1, 0.15) is 13.8 Å². The lowest BCUT2D eigenvalue weighted by Gasteiger charge is -2.11. The molecule has 0 saturated carbocycles. The highest BCUT2D eigenvalue weighted by molar-refractivity contribution is 5.93. The third-order valence-electron chi connectivity index (χ3n) is 1.99. The van der Waals surface area contributed by atoms with Gasteiger partial charge in [-0.1, -0.05) is 19.9 Å². The van der Waals surface area contributed by atoms with E-state index in [-0.39, 0.29) is 29.3 Å². The monoisotopic (exact) mass is 267 g/mol. The lowest BCUT2D eigenvalue weighted by Crippen LogP contribution is -2.26. The number of rotatable bonds is 4. The molecule has 0 atom stereocenters. The summed E-state index contributed by atoms with van der Waals surface area (Å²) < 4.78 is 19.1. The van der Waals surface area contributed by atoms with E-state index in [2.05, 4.69) is 9.98 Å². The molecule has 19 heavy (non-hydrogen) atoms. The molecule has 0 spiro atoms. The van der Waals surface area contributed by atoms with Crippen LogP contribution in [0.4, 0.5) is 10.1 Å². The highest BCUT2D eigenvalue weighted by Gasteiger charge is 2.10. The summed E-state index contributed by atoms with van der Waals surface area (Å²) in [6, 6.07) is 4.35. The molecular formula is C12H18FN5O. The highest BCUT2D eigenvalue weighted by atomic mass is 19.1. The van der Waals surface area contributed by atoms with Crippen molar-refractivity contribution in [2.24, 2.45) is 33.1 Å². The zero-order valence-electron chi connectivity index (χ0n) is 10.9. The molecule has 0 aliphatic carbocycles. The molecule has 0 bridgehead atoms. The van der Waals surface area contributed by atoms with Crippen molar-refractivity contribution in [2.75, 3.05) is 6.61 Å². The molecule has 0 aromatic heterocycles. The summed E-state index contributed by atoms with van der Waals surface area (Å²) in [6.45, 7) is 4.28. The minimum Gasteiger partial charge on any atom is -0.488 e. The standard InChI is InChI=1S/C12H18FN5O/c1-7(2)6-19-10-8(13)4-3-5-9(10)17-12(16)18-11(14)15/h3-5,7H,6H2,1-2H3,(H6,14,15,16,17,18). The maximum atomic E-state index is 13.7. The van der Waals surface area contributed by atoms with Crippen molar-refractivity contribution >= 4 is 17.6 Å². The van der Waals surface area contributed by atoms with Gasteiger partial charge in [-0.05, 0) is 18.1 Å². The van der Waals surface area contributed by atoms with Gasteiger partial charge in [0.25, 0.3) is 0 Å². The lowest BCUT2D eigenvalue weighted by molar-refractivity contribution is 0.260. The summed E-state index contributed by atoms with van der Waals surface area (Å²) >= 11 is 0. The minimum absolute atomic E-state index is 0.0324. The first-order valence-electron chi connectivity index (χ1n) is 5.75. The Morgan fingerprint density at radius 2 is 2.00 bits per heavy atom. The van der Waals surface area contributed by atoms with Crippen molar-refractivity contribution in [3.05, 3.63) is 24.0 Å². The van der Waals surface area contributed by atoms with Gasteiger partial charge in [0.05, 0.1) is 6.61 Å². The predicted molar refractivity (Wildman–Crippen MR) is 73.8 cm³/mol. The third-order valence-corrected chi connectivity index (χ3v) is 1.99. The van der Waals surface area contributed by atoms with Crippen molar-refractivity contribution in [2.45, 2.75) is 13.8 Å². The lowest BCUT2D eigenvalue weighted by atomic mass is 10.2. The summed E-state index contributed by atoms with van der Waals surface area (Å²) in [4.78, 5) is 7.48. The van der Waals surface area contributed by atoms with Gasteiger partial charge in [0.1, 0.15) is 5.69 Å². The van der Waals surface area contributed by atoms with E-state index >= 15 is 0 Å². The van der Waals surface area contributed by atoms with Crippen LogP contribution >= 0.6 is 0 Å². The predicted octanol–water partition coefficient (Wildman–Crippen LogP) is 1.08. The molecular weight excluding hydrogens is 249 g/mol. The van der Waals surface area contributed by atoms with Crippen LogP contribution < -0.4 is 21.9 Å². The first-order chi connectivity index (χ1) is 8.90. The maximum absolute atomic E-state index is 13.7. The Hall–Kier alpha value is -2.31. The summed E-state index contributed by atoms with van der Waals surface area (Å²) in [5.74, 6) is -0.613. The van der Waals surface area contributed by atoms with Crippen LogP contribution in [0, 0.1) is 11.7 Å². The number of guanidine groups is 2. The maximum Gasteiger partial charge on any atom is 0.223 e. The van der Waals surface area contributed by atoms with Gasteiger partial charge in [0, 0.05) is 0 Å². The summed E-state index contributed by atoms with van der Waals surface area (Å²) in [5.41, 5.74) is 16.1. The van der Waals surface area contributed by atoms with E-state index < -0.39 is 5.82 Å². The van der Waals surface area contributed by atoms with Gasteiger partial charge in [-0.3, -0.25) is 0 Å². The van der Waals surface area contributed by atoms with Crippen molar-refractivity contribution in [1.29, 1.82) is 0 Å². The van der Waals surface area contributed by atoms with Crippen LogP contribution in [-0.4, -0.2) is 18.5 Å². The fraction of sp³-hybridized carbons (Fsp3) is 0.333. The second-order valence-corrected chi connectivity index (χ2v) is 4.30. The minimum atomic E-state index is -0.514. The average molecular weight is 267 g/mol. The number of nitrogens with two attached hydrogens (primary N) is 3. The average Bonchev–Trinajstić information content (AvgIpc) is 2.26. The van der Waals surface area contributed by atoms with Crippen LogP contribution in [0.15, 0.2) is 28.2 Å². The SMILES string of the molecule is CC(C)COc1c(F)cccc1N=C(N)N=C(N)N. The van der Waals surface area contributed by atoms with Gasteiger partial charge >= 0.3 is 0 Å². The molecule has 0 aliphatic rings. The Morgan fingerprint density at radius 1 is 1.32 bits per heavy atom. The van der Waals surface area contributed by atoms with E-state index in [0.717, 1.165) is 0 Å². The topological polar surface area (TPSA) is 112 Å². The van der Waals surface area contributed by atoms with E-state index in [9.17, 15) is 4.39 Å². The molecule has 0 fully saturated rings. The first-order valence-corrected chi connectivity index (χ1v) is 5.75. The molecule has 104 valence electrons. The number of benzene rings is 1. The summed E-state index contributed by atoms with van der Waals surface area (Å²) in [6.07, 6.45) is 0. The normalized spacial score (nSPS) is 11.5. The number of halogens is 1. The quantitative estimate of drug-likeness (QED) is 0.559. The Balaban J connectivity index is 3.06. The number of aliphatic imine (C=N–C) groups is 2. The Morgan fingerprint density at radius 3 is 2.58 bits per heavy atom. The van der Waals surface area contributed by atoms with Crippen LogP contribution in [-0.2, 0) is 0 Å². The van der Waals surface area contributed by atoms with E-state index in [1.807, 2.05) is 13.8 Å². The van der Waals surface area contributed by atoms with Gasteiger partial charge in [0.2, 0.25) is 5.96 Å². The Kier molecular flexibility index (Phi) is 5.11. The van der Waals surface area contributed by atoms with Gasteiger partial charge in [0.15, 0.2) is 17.5 Å². The molecule has 6 N–H and O–H groups in total. The molecule has 0 amide bonds. The second-order valence-electron chi connectivity index (χ2n) is 4.30. The molecule has 6 nitrogen and oxygen atoms in total. The van der Waals surface area contributed by atoms with Crippen LogP contribution in [0.25, 0.3) is 0 Å². The molecule has 0 heterocycles. The highest BCUT2D eigenvalue weighted by Crippen LogP contribution is 2.30. The van der Waals surface area contributed by atoms with Gasteiger partial charge in [-0.25, -0.2) is 9.38 Å². The van der Waals surface area contributed by atoms with Crippen molar-refractivity contribution in [1.82, 2.24) is 0 Å². The van der Waals surface area contributed by atoms with Crippen molar-refractivity contribution in [3.63, 3.8) is 0 Å². The van der Waals surface area contributed by atoms with Crippen LogP contribution in [0.2, 0.25) is 0 Å². The zero-order valence-corrected chi connectivity index (χ0v) is 10.9. The Labute approximate surface area is 111 Å². The number of ether oxygens (including phenoxy) is 1. The van der Waals surface area contributed by atoms with Gasteiger partial charge in [-0.15, -0.1) is 0 Å². The summed E-state index contributed by atoms with van der Waals surface area (Å²) in [5, 5.41) is 0. The largest absolute Gasteiger partial charge is 0.488 e. The van der Waals surface area contributed by atoms with E-state index in [4.69, 9.17) is 21.9 Å². The van der Waals surface area contributed by atoms with Crippen LogP contribution in [0.3, 0.4) is 0 Å². The molecule has 1 aromatic carbocycles. The molecule has 7 heteroatoms. The van der Waals surface area contributed by atoms with E-state index in [1.165, 1.54) is 12.1 Å². The number of hydrogen-bond acceptors (Lipinski definition) is 2. The Bertz CT molecular complexity index is 495. The van der Waals surface area contributed by atoms with E-state index in [0.29, 0.717) is 6.61 Å².